The summed E-state index contributed by atoms with van der Waals surface area (Å²) in [5.74, 6) is 0.587. The van der Waals surface area contributed by atoms with Crippen LogP contribution in [-0.4, -0.2) is 82.8 Å². The Bertz CT molecular complexity index is 1760. The largest absolute Gasteiger partial charge is 0.497 e. The van der Waals surface area contributed by atoms with E-state index in [-0.39, 0.29) is 53.1 Å². The molecule has 2 aromatic carbocycles. The normalized spacial score (nSPS) is 36.5. The van der Waals surface area contributed by atoms with Crippen molar-refractivity contribution in [3.8, 4) is 11.5 Å². The van der Waals surface area contributed by atoms with Crippen molar-refractivity contribution >= 4 is 17.4 Å². The molecule has 9 atom stereocenters. The van der Waals surface area contributed by atoms with Crippen LogP contribution in [0.5, 0.6) is 11.5 Å². The SMILES string of the molecule is COc1ccc(CN(CC(O)CO)CC2(O)CCC3C45C=CC6(C=C4C(=O)Cc4c(F)cccc4Cl)CC(O)CCC6(C)C5CCC32C)c(OC)c1. The van der Waals surface area contributed by atoms with E-state index < -0.39 is 46.5 Å². The highest BCUT2D eigenvalue weighted by Gasteiger charge is 2.74. The lowest BCUT2D eigenvalue weighted by atomic mass is 9.32. The number of allylic oxidation sites excluding steroid dienone is 4. The topological polar surface area (TPSA) is 120 Å². The van der Waals surface area contributed by atoms with Crippen molar-refractivity contribution in [1.29, 1.82) is 0 Å². The van der Waals surface area contributed by atoms with Crippen LogP contribution in [0.15, 0.2) is 60.2 Å². The van der Waals surface area contributed by atoms with E-state index in [2.05, 4.69) is 32.1 Å². The molecule has 3 fully saturated rings. The van der Waals surface area contributed by atoms with Gasteiger partial charge in [0.1, 0.15) is 17.3 Å². The second-order valence-corrected chi connectivity index (χ2v) is 17.2. The van der Waals surface area contributed by atoms with E-state index in [0.717, 1.165) is 24.8 Å². The number of ketones is 1. The molecule has 8 nitrogen and oxygen atoms in total. The van der Waals surface area contributed by atoms with E-state index in [4.69, 9.17) is 21.1 Å². The number of benzene rings is 2. The molecular weight excluding hydrogens is 685 g/mol. The first-order valence-electron chi connectivity index (χ1n) is 18.7. The molecule has 52 heavy (non-hydrogen) atoms. The van der Waals surface area contributed by atoms with Gasteiger partial charge in [-0.3, -0.25) is 9.69 Å². The Hall–Kier alpha value is -2.79. The van der Waals surface area contributed by atoms with Crippen molar-refractivity contribution < 1.29 is 39.1 Å². The fourth-order valence-electron chi connectivity index (χ4n) is 11.7. The van der Waals surface area contributed by atoms with Crippen molar-refractivity contribution in [3.05, 3.63) is 82.2 Å². The number of hydrogen-bond acceptors (Lipinski definition) is 8. The second kappa shape index (κ2) is 13.5. The zero-order valence-electron chi connectivity index (χ0n) is 30.7. The van der Waals surface area contributed by atoms with Gasteiger partial charge in [0, 0.05) is 70.1 Å². The molecule has 8 rings (SSSR count). The average molecular weight is 738 g/mol. The Kier molecular flexibility index (Phi) is 9.74. The molecule has 0 heterocycles. The third-order valence-corrected chi connectivity index (χ3v) is 14.8. The maximum absolute atomic E-state index is 15.1. The molecule has 0 amide bonds. The molecule has 0 saturated heterocycles. The van der Waals surface area contributed by atoms with E-state index >= 15 is 4.39 Å². The van der Waals surface area contributed by atoms with E-state index in [1.54, 1.807) is 26.4 Å². The van der Waals surface area contributed by atoms with E-state index in [1.807, 2.05) is 17.0 Å². The standard InChI is InChI=1S/C42H53ClFNO7/c1-38-13-10-27(47)20-40(38)16-17-42(31(21-40)34(49)19-30-32(43)6-5-7-33(30)44)36(38)11-14-39(2)37(42)12-15-41(39,50)25-45(23-28(48)24-46)22-26-8-9-29(51-3)18-35(26)52-4/h5-9,16-18,21,27-28,36-37,46-48,50H,10-15,19-20,22-25H2,1-4H3. The molecule has 0 radical (unpaired) electrons. The number of rotatable bonds is 12. The predicted molar refractivity (Wildman–Crippen MR) is 197 cm³/mol. The summed E-state index contributed by atoms with van der Waals surface area (Å²) >= 11 is 6.47. The van der Waals surface area contributed by atoms with Gasteiger partial charge in [-0.2, -0.15) is 0 Å². The summed E-state index contributed by atoms with van der Waals surface area (Å²) in [6.45, 7) is 4.81. The minimum absolute atomic E-state index is 0.0915. The lowest BCUT2D eigenvalue weighted by molar-refractivity contribution is -0.180. The van der Waals surface area contributed by atoms with Crippen LogP contribution >= 0.6 is 11.6 Å². The number of nitrogens with zero attached hydrogens (tertiary/aromatic N) is 1. The van der Waals surface area contributed by atoms with Crippen molar-refractivity contribution in [2.45, 2.75) is 89.6 Å². The molecule has 2 aromatic rings. The monoisotopic (exact) mass is 737 g/mol. The predicted octanol–water partition coefficient (Wildman–Crippen LogP) is 6.05. The summed E-state index contributed by atoms with van der Waals surface area (Å²) in [5, 5.41) is 44.8. The van der Waals surface area contributed by atoms with Crippen LogP contribution in [0.4, 0.5) is 4.39 Å². The van der Waals surface area contributed by atoms with Gasteiger partial charge in [-0.05, 0) is 80.4 Å². The van der Waals surface area contributed by atoms with Gasteiger partial charge in [-0.15, -0.1) is 0 Å². The summed E-state index contributed by atoms with van der Waals surface area (Å²) in [5.41, 5.74) is -1.51. The number of carbonyl (C=O) groups excluding carboxylic acids is 1. The Balaban J connectivity index is 1.28. The van der Waals surface area contributed by atoms with E-state index in [9.17, 15) is 25.2 Å². The minimum atomic E-state index is -1.20. The summed E-state index contributed by atoms with van der Waals surface area (Å²) in [7, 11) is 3.18. The Labute approximate surface area is 311 Å². The zero-order chi connectivity index (χ0) is 37.3. The van der Waals surface area contributed by atoms with Gasteiger partial charge in [0.05, 0.1) is 38.6 Å². The fourth-order valence-corrected chi connectivity index (χ4v) is 12.0. The zero-order valence-corrected chi connectivity index (χ0v) is 31.5. The van der Waals surface area contributed by atoms with Gasteiger partial charge < -0.3 is 29.9 Å². The Morgan fingerprint density at radius 1 is 1.04 bits per heavy atom. The summed E-state index contributed by atoms with van der Waals surface area (Å²) in [4.78, 5) is 16.7. The number of fused-ring (bicyclic) bond motifs is 1. The molecule has 6 aliphatic carbocycles. The molecule has 282 valence electrons. The molecule has 0 aliphatic heterocycles. The van der Waals surface area contributed by atoms with Crippen LogP contribution in [0.25, 0.3) is 0 Å². The van der Waals surface area contributed by atoms with Gasteiger partial charge >= 0.3 is 0 Å². The van der Waals surface area contributed by atoms with Crippen LogP contribution in [0, 0.1) is 39.3 Å². The van der Waals surface area contributed by atoms with Gasteiger partial charge in [-0.25, -0.2) is 4.39 Å². The van der Waals surface area contributed by atoms with Crippen LogP contribution in [0.3, 0.4) is 0 Å². The van der Waals surface area contributed by atoms with Crippen molar-refractivity contribution in [1.82, 2.24) is 4.90 Å². The minimum Gasteiger partial charge on any atom is -0.497 e. The van der Waals surface area contributed by atoms with Gasteiger partial charge in [0.15, 0.2) is 5.78 Å². The molecule has 9 unspecified atom stereocenters. The van der Waals surface area contributed by atoms with E-state index in [1.165, 1.54) is 12.1 Å². The summed E-state index contributed by atoms with van der Waals surface area (Å²) in [6.07, 6.45) is 9.71. The summed E-state index contributed by atoms with van der Waals surface area (Å²) < 4.78 is 26.2. The number of aliphatic hydroxyl groups excluding tert-OH is 3. The fraction of sp³-hybridized carbons (Fsp3) is 0.595. The number of aliphatic hydroxyl groups is 4. The third kappa shape index (κ3) is 5.60. The smallest absolute Gasteiger partial charge is 0.164 e. The number of carbonyl (C=O) groups is 1. The first kappa shape index (κ1) is 37.5. The van der Waals surface area contributed by atoms with Crippen molar-refractivity contribution in [3.63, 3.8) is 0 Å². The molecule has 3 saturated carbocycles. The highest BCUT2D eigenvalue weighted by Crippen LogP contribution is 2.78. The van der Waals surface area contributed by atoms with Crippen LogP contribution in [0.1, 0.15) is 69.9 Å². The molecule has 2 bridgehead atoms. The highest BCUT2D eigenvalue weighted by atomic mass is 35.5. The van der Waals surface area contributed by atoms with Crippen LogP contribution in [0.2, 0.25) is 5.02 Å². The van der Waals surface area contributed by atoms with Crippen LogP contribution in [-0.2, 0) is 17.8 Å². The molecule has 4 N–H and O–H groups in total. The number of methoxy groups -OCH3 is 2. The lowest BCUT2D eigenvalue weighted by Gasteiger charge is -2.71. The van der Waals surface area contributed by atoms with E-state index in [0.29, 0.717) is 49.3 Å². The first-order valence-corrected chi connectivity index (χ1v) is 19.1. The molecule has 6 aliphatic rings. The van der Waals surface area contributed by atoms with Crippen molar-refractivity contribution in [2.24, 2.45) is 33.5 Å². The number of Topliss-reactive ketones (excluding diaryl/α,β-unsaturated/α-hetero) is 1. The third-order valence-electron chi connectivity index (χ3n) is 14.5. The molecular formula is C42H53ClFNO7. The molecule has 2 spiro atoms. The summed E-state index contributed by atoms with van der Waals surface area (Å²) in [6, 6.07) is 10.1. The van der Waals surface area contributed by atoms with Crippen molar-refractivity contribution in [2.75, 3.05) is 33.9 Å². The maximum atomic E-state index is 15.1. The van der Waals surface area contributed by atoms with Gasteiger partial charge in [0.2, 0.25) is 0 Å². The number of ether oxygens (including phenoxy) is 2. The molecule has 0 aromatic heterocycles. The van der Waals surface area contributed by atoms with Gasteiger partial charge in [-0.1, -0.05) is 55.8 Å². The highest BCUT2D eigenvalue weighted by molar-refractivity contribution is 6.31. The van der Waals surface area contributed by atoms with Crippen LogP contribution < -0.4 is 9.47 Å². The Morgan fingerprint density at radius 2 is 1.77 bits per heavy atom. The average Bonchev–Trinajstić information content (AvgIpc) is 3.39. The van der Waals surface area contributed by atoms with Gasteiger partial charge in [0.25, 0.3) is 0 Å². The lowest BCUT2D eigenvalue weighted by Crippen LogP contribution is -2.67. The first-order chi connectivity index (χ1) is 24.7. The molecule has 10 heteroatoms. The number of hydrogen-bond donors (Lipinski definition) is 4. The maximum Gasteiger partial charge on any atom is 0.164 e. The number of halogens is 2. The second-order valence-electron chi connectivity index (χ2n) is 16.8. The quantitative estimate of drug-likeness (QED) is 0.195. The Morgan fingerprint density at radius 3 is 2.48 bits per heavy atom.